The molecule has 1 fully saturated rings. The lowest BCUT2D eigenvalue weighted by atomic mass is 9.80. The number of carbonyl (C=O) groups excluding carboxylic acids is 1. The van der Waals surface area contributed by atoms with E-state index in [1.807, 2.05) is 6.92 Å². The molecule has 2 rings (SSSR count). The van der Waals surface area contributed by atoms with Crippen molar-refractivity contribution >= 4 is 5.97 Å². The minimum absolute atomic E-state index is 0.0189. The molecule has 0 aromatic carbocycles. The number of hydrogen-bond donors (Lipinski definition) is 1. The Bertz CT molecular complexity index is 430. The molecule has 1 atom stereocenters. The summed E-state index contributed by atoms with van der Waals surface area (Å²) in [4.78, 5) is 11.8. The van der Waals surface area contributed by atoms with Crippen LogP contribution in [0.25, 0.3) is 0 Å². The Morgan fingerprint density at radius 3 is 2.56 bits per heavy atom. The third-order valence-corrected chi connectivity index (χ3v) is 3.79. The van der Waals surface area contributed by atoms with Crippen LogP contribution < -0.4 is 5.32 Å². The Kier molecular flexibility index (Phi) is 3.14. The number of allylic oxidation sites excluding steroid dienone is 1. The first kappa shape index (κ1) is 13.3. The molecular formula is C15H23NO2. The molecule has 2 aliphatic rings. The summed E-state index contributed by atoms with van der Waals surface area (Å²) in [6, 6.07) is 0. The van der Waals surface area contributed by atoms with E-state index in [-0.39, 0.29) is 23.0 Å². The summed E-state index contributed by atoms with van der Waals surface area (Å²) in [5.74, 6) is -0.237. The van der Waals surface area contributed by atoms with Crippen LogP contribution in [0.3, 0.4) is 0 Å². The van der Waals surface area contributed by atoms with E-state index < -0.39 is 0 Å². The smallest absolute Gasteiger partial charge is 0.313 e. The number of rotatable bonds is 2. The highest BCUT2D eigenvalue weighted by molar-refractivity contribution is 5.76. The molecule has 1 heterocycles. The van der Waals surface area contributed by atoms with Crippen LogP contribution in [0.4, 0.5) is 0 Å². The van der Waals surface area contributed by atoms with E-state index in [2.05, 4.69) is 45.2 Å². The van der Waals surface area contributed by atoms with Crippen molar-refractivity contribution < 1.29 is 9.53 Å². The molecule has 0 spiro atoms. The van der Waals surface area contributed by atoms with Crippen LogP contribution >= 0.6 is 0 Å². The standard InChI is InChI=1S/C15H23NO2/c1-6-18-13(17)10-7-8-11-12(9-10)15(4,5)16-14(11,2)3/h8-10,16H,6-7H2,1-5H3. The maximum absolute atomic E-state index is 11.8. The molecule has 1 aliphatic carbocycles. The van der Waals surface area contributed by atoms with Gasteiger partial charge in [0.1, 0.15) is 0 Å². The van der Waals surface area contributed by atoms with Crippen LogP contribution in [0.15, 0.2) is 23.3 Å². The monoisotopic (exact) mass is 249 g/mol. The van der Waals surface area contributed by atoms with Gasteiger partial charge in [-0.25, -0.2) is 0 Å². The Morgan fingerprint density at radius 2 is 1.94 bits per heavy atom. The number of fused-ring (bicyclic) bond motifs is 1. The lowest BCUT2D eigenvalue weighted by molar-refractivity contribution is -0.146. The topological polar surface area (TPSA) is 38.3 Å². The molecular weight excluding hydrogens is 226 g/mol. The minimum Gasteiger partial charge on any atom is -0.466 e. The Labute approximate surface area is 109 Å². The summed E-state index contributed by atoms with van der Waals surface area (Å²) in [5, 5.41) is 3.61. The predicted octanol–water partition coefficient (Wildman–Crippen LogP) is 2.58. The summed E-state index contributed by atoms with van der Waals surface area (Å²) in [5.41, 5.74) is 2.47. The van der Waals surface area contributed by atoms with Crippen molar-refractivity contribution in [3.05, 3.63) is 23.3 Å². The van der Waals surface area contributed by atoms with Crippen LogP contribution in [0, 0.1) is 5.92 Å². The molecule has 1 saturated heterocycles. The summed E-state index contributed by atoms with van der Waals surface area (Å²) in [6.45, 7) is 11.0. The molecule has 0 aromatic rings. The van der Waals surface area contributed by atoms with Gasteiger partial charge in [0.15, 0.2) is 0 Å². The first-order chi connectivity index (χ1) is 8.28. The van der Waals surface area contributed by atoms with Crippen LogP contribution in [-0.4, -0.2) is 23.7 Å². The van der Waals surface area contributed by atoms with Crippen molar-refractivity contribution in [3.63, 3.8) is 0 Å². The number of nitrogens with one attached hydrogen (secondary N) is 1. The van der Waals surface area contributed by atoms with E-state index in [9.17, 15) is 4.79 Å². The molecule has 0 radical (unpaired) electrons. The van der Waals surface area contributed by atoms with Gasteiger partial charge in [0.25, 0.3) is 0 Å². The predicted molar refractivity (Wildman–Crippen MR) is 72.2 cm³/mol. The minimum atomic E-state index is -0.126. The number of ether oxygens (including phenoxy) is 1. The molecule has 3 heteroatoms. The van der Waals surface area contributed by atoms with Gasteiger partial charge in [0.05, 0.1) is 12.5 Å². The summed E-state index contributed by atoms with van der Waals surface area (Å²) in [7, 11) is 0. The van der Waals surface area contributed by atoms with Crippen molar-refractivity contribution in [1.29, 1.82) is 0 Å². The Morgan fingerprint density at radius 1 is 1.33 bits per heavy atom. The summed E-state index contributed by atoms with van der Waals surface area (Å²) < 4.78 is 5.12. The van der Waals surface area contributed by atoms with Crippen LogP contribution in [-0.2, 0) is 9.53 Å². The first-order valence-electron chi connectivity index (χ1n) is 6.67. The van der Waals surface area contributed by atoms with E-state index in [0.29, 0.717) is 6.61 Å². The maximum Gasteiger partial charge on any atom is 0.313 e. The van der Waals surface area contributed by atoms with E-state index in [1.165, 1.54) is 11.1 Å². The fraction of sp³-hybridized carbons (Fsp3) is 0.667. The molecule has 0 aromatic heterocycles. The van der Waals surface area contributed by atoms with Crippen molar-refractivity contribution in [2.75, 3.05) is 6.61 Å². The average Bonchev–Trinajstić information content (AvgIpc) is 2.45. The maximum atomic E-state index is 11.8. The lowest BCUT2D eigenvalue weighted by Gasteiger charge is -2.24. The number of hydrogen-bond acceptors (Lipinski definition) is 3. The van der Waals surface area contributed by atoms with E-state index >= 15 is 0 Å². The fourth-order valence-electron chi connectivity index (χ4n) is 3.18. The highest BCUT2D eigenvalue weighted by atomic mass is 16.5. The quantitative estimate of drug-likeness (QED) is 0.764. The lowest BCUT2D eigenvalue weighted by Crippen LogP contribution is -2.43. The van der Waals surface area contributed by atoms with Crippen molar-refractivity contribution in [3.8, 4) is 0 Å². The van der Waals surface area contributed by atoms with E-state index in [0.717, 1.165) is 6.42 Å². The third-order valence-electron chi connectivity index (χ3n) is 3.79. The van der Waals surface area contributed by atoms with Crippen LogP contribution in [0.2, 0.25) is 0 Å². The van der Waals surface area contributed by atoms with Crippen molar-refractivity contribution in [2.24, 2.45) is 5.92 Å². The molecule has 0 amide bonds. The highest BCUT2D eigenvalue weighted by Gasteiger charge is 2.45. The van der Waals surface area contributed by atoms with Gasteiger partial charge < -0.3 is 4.74 Å². The average molecular weight is 249 g/mol. The zero-order valence-corrected chi connectivity index (χ0v) is 12.0. The van der Waals surface area contributed by atoms with Gasteiger partial charge in [-0.05, 0) is 52.2 Å². The van der Waals surface area contributed by atoms with Gasteiger partial charge in [-0.15, -0.1) is 0 Å². The highest BCUT2D eigenvalue weighted by Crippen LogP contribution is 2.43. The first-order valence-corrected chi connectivity index (χ1v) is 6.67. The number of esters is 1. The summed E-state index contributed by atoms with van der Waals surface area (Å²) in [6.07, 6.45) is 5.03. The molecule has 1 unspecified atom stereocenters. The second-order valence-electron chi connectivity index (χ2n) is 6.17. The molecule has 0 saturated carbocycles. The number of carbonyl (C=O) groups is 1. The van der Waals surface area contributed by atoms with Crippen LogP contribution in [0.5, 0.6) is 0 Å². The third kappa shape index (κ3) is 2.12. The fourth-order valence-corrected chi connectivity index (χ4v) is 3.18. The van der Waals surface area contributed by atoms with Gasteiger partial charge in [-0.3, -0.25) is 10.1 Å². The molecule has 1 N–H and O–H groups in total. The summed E-state index contributed by atoms with van der Waals surface area (Å²) >= 11 is 0. The second kappa shape index (κ2) is 4.23. The molecule has 0 bridgehead atoms. The van der Waals surface area contributed by atoms with Crippen molar-refractivity contribution in [2.45, 2.75) is 52.1 Å². The molecule has 18 heavy (non-hydrogen) atoms. The zero-order chi connectivity index (χ0) is 13.6. The van der Waals surface area contributed by atoms with Crippen molar-refractivity contribution in [1.82, 2.24) is 5.32 Å². The Hall–Kier alpha value is -1.09. The van der Waals surface area contributed by atoms with Crippen LogP contribution in [0.1, 0.15) is 41.0 Å². The van der Waals surface area contributed by atoms with Gasteiger partial charge in [-0.2, -0.15) is 0 Å². The zero-order valence-electron chi connectivity index (χ0n) is 12.0. The SMILES string of the molecule is CCOC(=O)C1C=C2C(=CC1)C(C)(C)NC2(C)C. The largest absolute Gasteiger partial charge is 0.466 e. The molecule has 1 aliphatic heterocycles. The second-order valence-corrected chi connectivity index (χ2v) is 6.17. The van der Waals surface area contributed by atoms with Gasteiger partial charge in [-0.1, -0.05) is 12.2 Å². The normalized spacial score (nSPS) is 28.2. The van der Waals surface area contributed by atoms with Gasteiger partial charge in [0, 0.05) is 11.1 Å². The molecule has 3 nitrogen and oxygen atoms in total. The molecule has 100 valence electrons. The van der Waals surface area contributed by atoms with Gasteiger partial charge >= 0.3 is 5.97 Å². The van der Waals surface area contributed by atoms with E-state index in [1.54, 1.807) is 0 Å². The van der Waals surface area contributed by atoms with E-state index in [4.69, 9.17) is 4.74 Å². The Balaban J connectivity index is 2.30. The van der Waals surface area contributed by atoms with Gasteiger partial charge in [0.2, 0.25) is 0 Å².